The van der Waals surface area contributed by atoms with Crippen LogP contribution >= 0.6 is 12.4 Å². The molecule has 2 unspecified atom stereocenters. The molecule has 2 N–H and O–H groups in total. The van der Waals surface area contributed by atoms with E-state index in [0.29, 0.717) is 6.04 Å². The number of phenolic OH excluding ortho intramolecular Hbond substituents is 1. The van der Waals surface area contributed by atoms with E-state index in [1.165, 1.54) is 11.1 Å². The van der Waals surface area contributed by atoms with Crippen molar-refractivity contribution in [1.29, 1.82) is 0 Å². The maximum atomic E-state index is 12.0. The number of rotatable bonds is 1. The Bertz CT molecular complexity index is 801. The van der Waals surface area contributed by atoms with Gasteiger partial charge in [-0.1, -0.05) is 23.8 Å². The number of hydrogen-bond donors (Lipinski definition) is 2. The third-order valence-corrected chi connectivity index (χ3v) is 6.48. The zero-order valence-electron chi connectivity index (χ0n) is 13.6. The zero-order chi connectivity index (χ0) is 15.8. The SMILES string of the molecule is CC=C1CN2CC[C@]34C(=C(C=O)C1CC23)Nc1c(O)cccc14.Cl. The van der Waals surface area contributed by atoms with Gasteiger partial charge in [-0.25, -0.2) is 0 Å². The van der Waals surface area contributed by atoms with E-state index in [1.807, 2.05) is 6.07 Å². The molecule has 126 valence electrons. The van der Waals surface area contributed by atoms with Gasteiger partial charge in [-0.15, -0.1) is 12.4 Å². The van der Waals surface area contributed by atoms with E-state index in [2.05, 4.69) is 29.3 Å². The lowest BCUT2D eigenvalue weighted by atomic mass is 9.62. The summed E-state index contributed by atoms with van der Waals surface area (Å²) in [7, 11) is 0. The van der Waals surface area contributed by atoms with Crippen LogP contribution in [0.5, 0.6) is 5.75 Å². The highest BCUT2D eigenvalue weighted by Gasteiger charge is 2.61. The van der Waals surface area contributed by atoms with Crippen LogP contribution in [0.1, 0.15) is 25.3 Å². The van der Waals surface area contributed by atoms with Crippen LogP contribution in [0.2, 0.25) is 0 Å². The van der Waals surface area contributed by atoms with Gasteiger partial charge in [-0.05, 0) is 31.4 Å². The molecule has 3 aliphatic heterocycles. The smallest absolute Gasteiger partial charge is 0.148 e. The van der Waals surface area contributed by atoms with Gasteiger partial charge in [0.2, 0.25) is 0 Å². The van der Waals surface area contributed by atoms with Crippen LogP contribution in [0.3, 0.4) is 0 Å². The minimum absolute atomic E-state index is 0. The maximum Gasteiger partial charge on any atom is 0.148 e. The Balaban J connectivity index is 0.00000146. The normalized spacial score (nSPS) is 34.5. The Labute approximate surface area is 147 Å². The van der Waals surface area contributed by atoms with Gasteiger partial charge in [-0.3, -0.25) is 9.69 Å². The average Bonchev–Trinajstić information content (AvgIpc) is 3.12. The lowest BCUT2D eigenvalue weighted by molar-refractivity contribution is -0.105. The Hall–Kier alpha value is -1.78. The molecule has 0 saturated carbocycles. The fourth-order valence-corrected chi connectivity index (χ4v) is 5.50. The van der Waals surface area contributed by atoms with E-state index in [9.17, 15) is 9.90 Å². The minimum atomic E-state index is -0.139. The number of nitrogens with zero attached hydrogens (tertiary/aromatic N) is 1. The van der Waals surface area contributed by atoms with Crippen LogP contribution in [0, 0.1) is 5.92 Å². The van der Waals surface area contributed by atoms with Crippen LogP contribution in [-0.2, 0) is 10.2 Å². The second kappa shape index (κ2) is 5.11. The summed E-state index contributed by atoms with van der Waals surface area (Å²) in [5.41, 5.74) is 5.13. The van der Waals surface area contributed by atoms with Gasteiger partial charge in [0, 0.05) is 36.3 Å². The first kappa shape index (κ1) is 15.7. The second-order valence-electron chi connectivity index (χ2n) is 7.13. The van der Waals surface area contributed by atoms with Crippen LogP contribution in [0.4, 0.5) is 5.69 Å². The lowest BCUT2D eigenvalue weighted by Crippen LogP contribution is -2.52. The summed E-state index contributed by atoms with van der Waals surface area (Å²) in [6, 6.07) is 6.18. The van der Waals surface area contributed by atoms with Crippen molar-refractivity contribution in [3.63, 3.8) is 0 Å². The highest BCUT2D eigenvalue weighted by molar-refractivity contribution is 5.86. The number of carbonyl (C=O) groups excluding carboxylic acids is 1. The van der Waals surface area contributed by atoms with Gasteiger partial charge in [0.1, 0.15) is 12.0 Å². The Morgan fingerprint density at radius 2 is 2.25 bits per heavy atom. The number of nitrogens with one attached hydrogen (secondary N) is 1. The number of benzene rings is 1. The van der Waals surface area contributed by atoms with Crippen molar-refractivity contribution in [1.82, 2.24) is 4.90 Å². The summed E-state index contributed by atoms with van der Waals surface area (Å²) in [5.74, 6) is 0.507. The van der Waals surface area contributed by atoms with Crippen LogP contribution in [0.15, 0.2) is 41.1 Å². The van der Waals surface area contributed by atoms with Crippen molar-refractivity contribution < 1.29 is 9.90 Å². The van der Waals surface area contributed by atoms with E-state index in [0.717, 1.165) is 49.2 Å². The van der Waals surface area contributed by atoms with E-state index in [4.69, 9.17) is 0 Å². The van der Waals surface area contributed by atoms with Gasteiger partial charge in [0.15, 0.2) is 0 Å². The molecule has 0 amide bonds. The maximum absolute atomic E-state index is 12.0. The molecule has 5 heteroatoms. The van der Waals surface area contributed by atoms with E-state index in [1.54, 1.807) is 6.07 Å². The van der Waals surface area contributed by atoms with Crippen molar-refractivity contribution in [2.24, 2.45) is 5.92 Å². The fraction of sp³-hybridized carbons (Fsp3) is 0.421. The molecule has 2 saturated heterocycles. The molecule has 0 aromatic heterocycles. The number of para-hydroxylation sites is 1. The molecule has 24 heavy (non-hydrogen) atoms. The van der Waals surface area contributed by atoms with Crippen LogP contribution in [0.25, 0.3) is 0 Å². The number of piperidine rings is 1. The third-order valence-electron chi connectivity index (χ3n) is 6.48. The van der Waals surface area contributed by atoms with Crippen molar-refractivity contribution in [2.45, 2.75) is 31.2 Å². The molecular weight excluding hydrogens is 324 g/mol. The number of phenols is 1. The Morgan fingerprint density at radius 1 is 1.42 bits per heavy atom. The molecule has 1 aliphatic carbocycles. The molecule has 1 spiro atoms. The molecular formula is C19H21ClN2O2. The summed E-state index contributed by atoms with van der Waals surface area (Å²) < 4.78 is 0. The van der Waals surface area contributed by atoms with Crippen molar-refractivity contribution in [3.05, 3.63) is 46.7 Å². The standard InChI is InChI=1S/C19H20N2O2.ClH/c1-2-11-9-21-7-6-19-14-4-3-5-15(23)17(14)20-18(19)13(10-22)12(11)8-16(19)21;/h2-5,10,12,16,20,23H,6-9H2,1H3;1H/t12?,16?,19-;/m1./s1. The van der Waals surface area contributed by atoms with Crippen LogP contribution in [-0.4, -0.2) is 35.4 Å². The molecule has 2 bridgehead atoms. The van der Waals surface area contributed by atoms with Gasteiger partial charge < -0.3 is 10.4 Å². The molecule has 0 radical (unpaired) electrons. The monoisotopic (exact) mass is 344 g/mol. The molecule has 2 fully saturated rings. The molecule has 1 aromatic rings. The topological polar surface area (TPSA) is 52.6 Å². The van der Waals surface area contributed by atoms with Gasteiger partial charge >= 0.3 is 0 Å². The summed E-state index contributed by atoms with van der Waals surface area (Å²) in [5, 5.41) is 13.7. The fourth-order valence-electron chi connectivity index (χ4n) is 5.50. The first-order chi connectivity index (χ1) is 11.2. The number of aromatic hydroxyl groups is 1. The minimum Gasteiger partial charge on any atom is -0.506 e. The van der Waals surface area contributed by atoms with Gasteiger partial charge in [-0.2, -0.15) is 0 Å². The molecule has 4 aliphatic rings. The lowest BCUT2D eigenvalue weighted by Gasteiger charge is -2.48. The predicted molar refractivity (Wildman–Crippen MR) is 95.6 cm³/mol. The molecule has 1 aromatic carbocycles. The highest BCUT2D eigenvalue weighted by atomic mass is 35.5. The zero-order valence-corrected chi connectivity index (χ0v) is 14.4. The number of aldehydes is 1. The predicted octanol–water partition coefficient (Wildman–Crippen LogP) is 2.98. The third kappa shape index (κ3) is 1.60. The van der Waals surface area contributed by atoms with E-state index < -0.39 is 0 Å². The number of carbonyl (C=O) groups is 1. The first-order valence-corrected chi connectivity index (χ1v) is 8.39. The van der Waals surface area contributed by atoms with E-state index >= 15 is 0 Å². The second-order valence-corrected chi connectivity index (χ2v) is 7.13. The van der Waals surface area contributed by atoms with Gasteiger partial charge in [0.25, 0.3) is 0 Å². The van der Waals surface area contributed by atoms with Crippen molar-refractivity contribution in [3.8, 4) is 5.75 Å². The number of allylic oxidation sites excluding steroid dienone is 2. The van der Waals surface area contributed by atoms with E-state index in [-0.39, 0.29) is 29.5 Å². The Kier molecular flexibility index (Phi) is 3.35. The number of halogens is 1. The first-order valence-electron chi connectivity index (χ1n) is 8.39. The summed E-state index contributed by atoms with van der Waals surface area (Å²) in [6.07, 6.45) is 5.24. The number of anilines is 1. The average molecular weight is 345 g/mol. The number of hydrogen-bond acceptors (Lipinski definition) is 4. The molecule has 3 atom stereocenters. The van der Waals surface area contributed by atoms with Gasteiger partial charge in [0.05, 0.1) is 11.1 Å². The Morgan fingerprint density at radius 3 is 3.00 bits per heavy atom. The summed E-state index contributed by atoms with van der Waals surface area (Å²) in [4.78, 5) is 14.5. The van der Waals surface area contributed by atoms with Crippen LogP contribution < -0.4 is 5.32 Å². The summed E-state index contributed by atoms with van der Waals surface area (Å²) >= 11 is 0. The quantitative estimate of drug-likeness (QED) is 0.467. The van der Waals surface area contributed by atoms with Crippen molar-refractivity contribution in [2.75, 3.05) is 18.4 Å². The largest absolute Gasteiger partial charge is 0.506 e. The summed E-state index contributed by atoms with van der Waals surface area (Å²) in [6.45, 7) is 4.08. The highest BCUT2D eigenvalue weighted by Crippen LogP contribution is 2.61. The number of fused-ring (bicyclic) bond motifs is 2. The molecule has 3 heterocycles. The molecule has 4 nitrogen and oxygen atoms in total. The van der Waals surface area contributed by atoms with Crippen molar-refractivity contribution >= 4 is 24.4 Å². The molecule has 5 rings (SSSR count).